The summed E-state index contributed by atoms with van der Waals surface area (Å²) in [6, 6.07) is 11.2. The molecule has 0 bridgehead atoms. The van der Waals surface area contributed by atoms with E-state index in [-0.39, 0.29) is 12.5 Å². The van der Waals surface area contributed by atoms with Crippen LogP contribution >= 0.6 is 0 Å². The molecular formula is C22H23NO5. The number of amides is 1. The van der Waals surface area contributed by atoms with Crippen molar-refractivity contribution in [3.05, 3.63) is 59.2 Å². The molecule has 0 fully saturated rings. The van der Waals surface area contributed by atoms with Crippen LogP contribution in [0.15, 0.2) is 42.5 Å². The lowest BCUT2D eigenvalue weighted by Crippen LogP contribution is -2.20. The highest BCUT2D eigenvalue weighted by atomic mass is 16.5. The molecule has 0 saturated heterocycles. The zero-order valence-electron chi connectivity index (χ0n) is 16.0. The summed E-state index contributed by atoms with van der Waals surface area (Å²) in [5.74, 6) is 0.196. The summed E-state index contributed by atoms with van der Waals surface area (Å²) in [7, 11) is 3.10. The Morgan fingerprint density at radius 3 is 2.57 bits per heavy atom. The van der Waals surface area contributed by atoms with Crippen LogP contribution in [0.5, 0.6) is 11.5 Å². The van der Waals surface area contributed by atoms with Crippen LogP contribution in [0.2, 0.25) is 0 Å². The van der Waals surface area contributed by atoms with Crippen molar-refractivity contribution < 1.29 is 23.8 Å². The molecule has 0 heterocycles. The molecule has 0 spiro atoms. The molecule has 28 heavy (non-hydrogen) atoms. The Bertz CT molecular complexity index is 904. The van der Waals surface area contributed by atoms with Crippen molar-refractivity contribution >= 4 is 23.6 Å². The van der Waals surface area contributed by atoms with Gasteiger partial charge in [-0.1, -0.05) is 12.1 Å². The number of methoxy groups -OCH3 is 2. The Hall–Kier alpha value is -3.28. The molecule has 0 aromatic heterocycles. The molecule has 1 aliphatic carbocycles. The number of fused-ring (bicyclic) bond motifs is 1. The van der Waals surface area contributed by atoms with Crippen molar-refractivity contribution in [2.24, 2.45) is 0 Å². The average Bonchev–Trinajstić information content (AvgIpc) is 3.18. The second-order valence-corrected chi connectivity index (χ2v) is 6.44. The van der Waals surface area contributed by atoms with E-state index >= 15 is 0 Å². The van der Waals surface area contributed by atoms with Gasteiger partial charge in [0.05, 0.1) is 14.2 Å². The first-order chi connectivity index (χ1) is 13.6. The first kappa shape index (κ1) is 19.5. The lowest BCUT2D eigenvalue weighted by atomic mass is 10.1. The van der Waals surface area contributed by atoms with Crippen LogP contribution in [-0.4, -0.2) is 32.7 Å². The standard InChI is InChI=1S/C22H23NO5/c1-26-19-10-6-15(12-20(19)27-2)7-11-22(25)28-14-21(24)23-18-9-8-16-4-3-5-17(16)13-18/h6-13H,3-5,14H2,1-2H3,(H,23,24)/b11-7+. The smallest absolute Gasteiger partial charge is 0.331 e. The van der Waals surface area contributed by atoms with Gasteiger partial charge in [-0.25, -0.2) is 4.79 Å². The summed E-state index contributed by atoms with van der Waals surface area (Å²) in [4.78, 5) is 23.9. The van der Waals surface area contributed by atoms with E-state index in [0.29, 0.717) is 11.5 Å². The summed E-state index contributed by atoms with van der Waals surface area (Å²) >= 11 is 0. The Balaban J connectivity index is 1.49. The molecule has 2 aromatic carbocycles. The number of ether oxygens (including phenoxy) is 3. The van der Waals surface area contributed by atoms with Crippen molar-refractivity contribution in [1.29, 1.82) is 0 Å². The monoisotopic (exact) mass is 381 g/mol. The third-order valence-electron chi connectivity index (χ3n) is 4.55. The fraction of sp³-hybridized carbons (Fsp3) is 0.273. The Morgan fingerprint density at radius 2 is 1.79 bits per heavy atom. The second-order valence-electron chi connectivity index (χ2n) is 6.44. The third-order valence-corrected chi connectivity index (χ3v) is 4.55. The molecule has 0 aliphatic heterocycles. The molecule has 1 aliphatic rings. The quantitative estimate of drug-likeness (QED) is 0.588. The van der Waals surface area contributed by atoms with Gasteiger partial charge in [0.2, 0.25) is 0 Å². The Morgan fingerprint density at radius 1 is 1.00 bits per heavy atom. The molecule has 3 rings (SSSR count). The second kappa shape index (κ2) is 9.08. The first-order valence-electron chi connectivity index (χ1n) is 9.07. The van der Waals surface area contributed by atoms with Gasteiger partial charge in [-0.15, -0.1) is 0 Å². The van der Waals surface area contributed by atoms with Crippen molar-refractivity contribution in [2.75, 3.05) is 26.1 Å². The number of nitrogens with one attached hydrogen (secondary N) is 1. The predicted molar refractivity (Wildman–Crippen MR) is 107 cm³/mol. The Kier molecular flexibility index (Phi) is 6.32. The highest BCUT2D eigenvalue weighted by molar-refractivity contribution is 5.94. The van der Waals surface area contributed by atoms with Gasteiger partial charge in [0, 0.05) is 11.8 Å². The van der Waals surface area contributed by atoms with Crippen LogP contribution in [0.4, 0.5) is 5.69 Å². The minimum absolute atomic E-state index is 0.341. The molecule has 0 radical (unpaired) electrons. The van der Waals surface area contributed by atoms with Crippen molar-refractivity contribution in [3.63, 3.8) is 0 Å². The third kappa shape index (κ3) is 4.91. The van der Waals surface area contributed by atoms with Gasteiger partial charge in [-0.2, -0.15) is 0 Å². The van der Waals surface area contributed by atoms with Gasteiger partial charge in [0.1, 0.15) is 0 Å². The van der Waals surface area contributed by atoms with E-state index in [1.54, 1.807) is 38.5 Å². The maximum absolute atomic E-state index is 12.0. The number of anilines is 1. The highest BCUT2D eigenvalue weighted by Gasteiger charge is 2.12. The molecule has 146 valence electrons. The van der Waals surface area contributed by atoms with E-state index in [2.05, 4.69) is 5.32 Å². The SMILES string of the molecule is COc1ccc(/C=C/C(=O)OCC(=O)Nc2ccc3c(c2)CCC3)cc1OC. The number of rotatable bonds is 7. The molecule has 1 amide bonds. The van der Waals surface area contributed by atoms with Crippen molar-refractivity contribution in [2.45, 2.75) is 19.3 Å². The van der Waals surface area contributed by atoms with E-state index in [4.69, 9.17) is 14.2 Å². The largest absolute Gasteiger partial charge is 0.493 e. The van der Waals surface area contributed by atoms with Crippen LogP contribution < -0.4 is 14.8 Å². The van der Waals surface area contributed by atoms with E-state index in [9.17, 15) is 9.59 Å². The van der Waals surface area contributed by atoms with E-state index in [1.165, 1.54) is 17.2 Å². The van der Waals surface area contributed by atoms with Crippen molar-refractivity contribution in [3.8, 4) is 11.5 Å². The molecule has 2 aromatic rings. The summed E-state index contributed by atoms with van der Waals surface area (Å²) in [5, 5.41) is 2.76. The number of carbonyl (C=O) groups excluding carboxylic acids is 2. The summed E-state index contributed by atoms with van der Waals surface area (Å²) in [6.45, 7) is -0.341. The molecular weight excluding hydrogens is 358 g/mol. The van der Waals surface area contributed by atoms with Gasteiger partial charge >= 0.3 is 5.97 Å². The van der Waals surface area contributed by atoms with Gasteiger partial charge in [0.15, 0.2) is 18.1 Å². The zero-order valence-corrected chi connectivity index (χ0v) is 16.0. The van der Waals surface area contributed by atoms with Crippen LogP contribution in [0, 0.1) is 0 Å². The zero-order chi connectivity index (χ0) is 19.9. The lowest BCUT2D eigenvalue weighted by Gasteiger charge is -2.08. The normalized spacial score (nSPS) is 12.5. The highest BCUT2D eigenvalue weighted by Crippen LogP contribution is 2.28. The number of benzene rings is 2. The lowest BCUT2D eigenvalue weighted by molar-refractivity contribution is -0.142. The molecule has 0 atom stereocenters. The van der Waals surface area contributed by atoms with Crippen molar-refractivity contribution in [1.82, 2.24) is 0 Å². The maximum atomic E-state index is 12.0. The topological polar surface area (TPSA) is 73.9 Å². The van der Waals surface area contributed by atoms with E-state index < -0.39 is 5.97 Å². The van der Waals surface area contributed by atoms with Crippen LogP contribution in [0.25, 0.3) is 6.08 Å². The molecule has 0 saturated carbocycles. The summed E-state index contributed by atoms with van der Waals surface area (Å²) in [6.07, 6.45) is 6.13. The Labute approximate surface area is 164 Å². The average molecular weight is 381 g/mol. The molecule has 6 nitrogen and oxygen atoms in total. The minimum Gasteiger partial charge on any atom is -0.493 e. The van der Waals surface area contributed by atoms with E-state index in [0.717, 1.165) is 30.5 Å². The van der Waals surface area contributed by atoms with Crippen LogP contribution in [0.3, 0.4) is 0 Å². The van der Waals surface area contributed by atoms with E-state index in [1.807, 2.05) is 18.2 Å². The van der Waals surface area contributed by atoms with Gasteiger partial charge in [-0.05, 0) is 66.3 Å². The van der Waals surface area contributed by atoms with Gasteiger partial charge in [0.25, 0.3) is 5.91 Å². The number of esters is 1. The number of hydrogen-bond donors (Lipinski definition) is 1. The number of hydrogen-bond acceptors (Lipinski definition) is 5. The van der Waals surface area contributed by atoms with Crippen LogP contribution in [-0.2, 0) is 27.2 Å². The first-order valence-corrected chi connectivity index (χ1v) is 9.07. The van der Waals surface area contributed by atoms with Gasteiger partial charge < -0.3 is 19.5 Å². The van der Waals surface area contributed by atoms with Gasteiger partial charge in [-0.3, -0.25) is 4.79 Å². The van der Waals surface area contributed by atoms with Crippen LogP contribution in [0.1, 0.15) is 23.1 Å². The summed E-state index contributed by atoms with van der Waals surface area (Å²) in [5.41, 5.74) is 4.08. The fourth-order valence-corrected chi connectivity index (χ4v) is 3.15. The predicted octanol–water partition coefficient (Wildman–Crippen LogP) is 3.39. The molecule has 0 unspecified atom stereocenters. The number of carbonyl (C=O) groups is 2. The maximum Gasteiger partial charge on any atom is 0.331 e. The fourth-order valence-electron chi connectivity index (χ4n) is 3.15. The number of aryl methyl sites for hydroxylation is 2. The molecule has 6 heteroatoms. The minimum atomic E-state index is -0.598. The molecule has 1 N–H and O–H groups in total. The summed E-state index contributed by atoms with van der Waals surface area (Å²) < 4.78 is 15.4.